The minimum atomic E-state index is -1.46. The topological polar surface area (TPSA) is 139 Å². The van der Waals surface area contributed by atoms with E-state index < -0.39 is 23.8 Å². The quantitative estimate of drug-likeness (QED) is 0.0355. The largest absolute Gasteiger partial charge is 0.459 e. The van der Waals surface area contributed by atoms with Gasteiger partial charge in [0.15, 0.2) is 0 Å². The smallest absolute Gasteiger partial charge is 0.412 e. The second-order valence-corrected chi connectivity index (χ2v) is 18.6. The average molecular weight is 938 g/mol. The van der Waals surface area contributed by atoms with Crippen LogP contribution in [-0.2, 0) is 27.5 Å². The number of allylic oxidation sites excluding steroid dienone is 1. The zero-order valence-corrected chi connectivity index (χ0v) is 40.6. The number of unbranched alkanes of at least 4 members (excludes halogenated alkanes) is 10. The Morgan fingerprint density at radius 1 is 0.882 bits per heavy atom. The molecule has 0 unspecified atom stereocenters. The Balaban J connectivity index is 1.46. The zero-order chi connectivity index (χ0) is 48.1. The van der Waals surface area contributed by atoms with Gasteiger partial charge in [0.2, 0.25) is 11.7 Å². The number of halogens is 1. The summed E-state index contributed by atoms with van der Waals surface area (Å²) in [6.45, 7) is 9.26. The molecule has 0 aromatic heterocycles. The lowest BCUT2D eigenvalue weighted by molar-refractivity contribution is -0.258. The molecule has 0 spiro atoms. The van der Waals surface area contributed by atoms with E-state index in [2.05, 4.69) is 24.9 Å². The van der Waals surface area contributed by atoms with Gasteiger partial charge in [-0.05, 0) is 97.9 Å². The van der Waals surface area contributed by atoms with Crippen LogP contribution in [0, 0.1) is 23.6 Å². The van der Waals surface area contributed by atoms with Crippen molar-refractivity contribution < 1.29 is 43.2 Å². The van der Waals surface area contributed by atoms with E-state index in [1.807, 2.05) is 54.3 Å². The molecule has 3 aliphatic rings. The predicted octanol–water partition coefficient (Wildman–Crippen LogP) is 11.7. The van der Waals surface area contributed by atoms with E-state index >= 15 is 4.79 Å². The van der Waals surface area contributed by atoms with Crippen molar-refractivity contribution in [2.24, 2.45) is 22.9 Å². The minimum Gasteiger partial charge on any atom is -0.459 e. The highest BCUT2D eigenvalue weighted by atomic mass is 19.1. The maximum absolute atomic E-state index is 15.1. The summed E-state index contributed by atoms with van der Waals surface area (Å²) in [7, 11) is 0. The summed E-state index contributed by atoms with van der Waals surface area (Å²) in [6, 6.07) is 20.7. The van der Waals surface area contributed by atoms with Gasteiger partial charge in [-0.1, -0.05) is 131 Å². The lowest BCUT2D eigenvalue weighted by Gasteiger charge is -2.60. The maximum Gasteiger partial charge on any atom is 0.412 e. The van der Waals surface area contributed by atoms with E-state index in [4.69, 9.17) is 24.2 Å². The standard InChI is InChI=1S/C56H76FN3O8/c1-4-7-8-9-10-11-12-13-17-26-52(63)60(40-42-27-29-44(57)30-28-42)51-38-49(59-66-6-3)47-36-43(24-18-20-33-61)46(25-19-21-34-62)53-48-37-45(67-55(64)58-39-41-22-15-14-16-23-41)31-32-50(48)68-56(51,54(47)53)65-35-5-2/h5,14-16,22-23,27-32,36-37,43,46,51,53-54,61-62H,2,4,6-13,17-21,24-26,33-35,38-40H2,1,3H3,(H,58,64)/t43-,46+,51-,53+,54+,56+/m0/s1. The van der Waals surface area contributed by atoms with Crippen LogP contribution in [0.4, 0.5) is 9.18 Å². The number of benzene rings is 3. The van der Waals surface area contributed by atoms with Gasteiger partial charge in [-0.2, -0.15) is 0 Å². The molecular weight excluding hydrogens is 862 g/mol. The first-order valence-electron chi connectivity index (χ1n) is 25.5. The van der Waals surface area contributed by atoms with Crippen molar-refractivity contribution in [3.05, 3.63) is 120 Å². The van der Waals surface area contributed by atoms with Crippen molar-refractivity contribution in [1.82, 2.24) is 10.2 Å². The lowest BCUT2D eigenvalue weighted by Crippen LogP contribution is -2.70. The van der Waals surface area contributed by atoms with Gasteiger partial charge in [-0.3, -0.25) is 4.79 Å². The number of aliphatic hydroxyl groups is 2. The van der Waals surface area contributed by atoms with Gasteiger partial charge in [0.05, 0.1) is 18.2 Å². The number of carbonyl (C=O) groups excluding carboxylic acids is 2. The molecule has 6 atom stereocenters. The number of ether oxygens (including phenoxy) is 3. The molecule has 68 heavy (non-hydrogen) atoms. The highest BCUT2D eigenvalue weighted by Crippen LogP contribution is 2.62. The minimum absolute atomic E-state index is 0.0131. The highest BCUT2D eigenvalue weighted by Gasteiger charge is 2.65. The molecule has 370 valence electrons. The number of fused-ring (bicyclic) bond motifs is 2. The molecule has 3 N–H and O–H groups in total. The van der Waals surface area contributed by atoms with Crippen molar-refractivity contribution in [2.75, 3.05) is 26.4 Å². The third-order valence-corrected chi connectivity index (χ3v) is 13.9. The molecule has 3 aromatic carbocycles. The summed E-state index contributed by atoms with van der Waals surface area (Å²) in [6.07, 6.45) is 18.4. The Kier molecular flexibility index (Phi) is 21.0. The van der Waals surface area contributed by atoms with Crippen LogP contribution in [0.3, 0.4) is 0 Å². The number of amides is 2. The molecule has 6 rings (SSSR count). The van der Waals surface area contributed by atoms with Crippen LogP contribution in [0.5, 0.6) is 11.5 Å². The molecule has 11 nitrogen and oxygen atoms in total. The molecule has 1 aliphatic heterocycles. The predicted molar refractivity (Wildman–Crippen MR) is 265 cm³/mol. The van der Waals surface area contributed by atoms with Crippen LogP contribution in [0.15, 0.2) is 102 Å². The molecule has 3 aromatic rings. The summed E-state index contributed by atoms with van der Waals surface area (Å²) < 4.78 is 34.9. The van der Waals surface area contributed by atoms with Crippen molar-refractivity contribution in [3.8, 4) is 11.5 Å². The van der Waals surface area contributed by atoms with Crippen LogP contribution in [-0.4, -0.2) is 71.1 Å². The third kappa shape index (κ3) is 13.8. The van der Waals surface area contributed by atoms with E-state index in [-0.39, 0.29) is 62.3 Å². The Morgan fingerprint density at radius 3 is 2.28 bits per heavy atom. The fraction of sp³-hybridized carbons (Fsp3) is 0.554. The molecule has 0 radical (unpaired) electrons. The molecule has 1 fully saturated rings. The molecule has 1 saturated carbocycles. The Hall–Kier alpha value is -5.04. The molecular formula is C56H76FN3O8. The fourth-order valence-corrected chi connectivity index (χ4v) is 10.7. The lowest BCUT2D eigenvalue weighted by atomic mass is 9.55. The van der Waals surface area contributed by atoms with Gasteiger partial charge in [-0.15, -0.1) is 6.58 Å². The van der Waals surface area contributed by atoms with Gasteiger partial charge in [0.1, 0.15) is 30.0 Å². The second kappa shape index (κ2) is 27.2. The van der Waals surface area contributed by atoms with Gasteiger partial charge in [-0.25, -0.2) is 9.18 Å². The molecule has 2 aliphatic carbocycles. The van der Waals surface area contributed by atoms with Gasteiger partial charge >= 0.3 is 6.09 Å². The van der Waals surface area contributed by atoms with Crippen molar-refractivity contribution >= 4 is 17.7 Å². The molecule has 0 bridgehead atoms. The number of nitrogens with one attached hydrogen (secondary N) is 1. The van der Waals surface area contributed by atoms with Gasteiger partial charge in [0.25, 0.3) is 0 Å². The molecule has 0 saturated heterocycles. The highest BCUT2D eigenvalue weighted by molar-refractivity contribution is 6.03. The Labute approximate surface area is 404 Å². The number of hydrogen-bond acceptors (Lipinski definition) is 9. The first-order chi connectivity index (χ1) is 33.3. The summed E-state index contributed by atoms with van der Waals surface area (Å²) in [5.41, 5.74) is 4.17. The first kappa shape index (κ1) is 52.3. The maximum atomic E-state index is 15.1. The zero-order valence-electron chi connectivity index (χ0n) is 40.6. The van der Waals surface area contributed by atoms with Crippen LogP contribution < -0.4 is 14.8 Å². The Bertz CT molecular complexity index is 2100. The van der Waals surface area contributed by atoms with E-state index in [0.717, 1.165) is 73.6 Å². The van der Waals surface area contributed by atoms with Gasteiger partial charge < -0.3 is 39.5 Å². The van der Waals surface area contributed by atoms with Crippen LogP contribution >= 0.6 is 0 Å². The van der Waals surface area contributed by atoms with E-state index in [9.17, 15) is 19.4 Å². The Morgan fingerprint density at radius 2 is 1.59 bits per heavy atom. The molecule has 1 heterocycles. The van der Waals surface area contributed by atoms with Crippen LogP contribution in [0.2, 0.25) is 0 Å². The first-order valence-corrected chi connectivity index (χ1v) is 25.5. The number of rotatable bonds is 29. The molecule has 12 heteroatoms. The number of hydrogen-bond donors (Lipinski definition) is 3. The summed E-state index contributed by atoms with van der Waals surface area (Å²) >= 11 is 0. The number of nitrogens with zero attached hydrogens (tertiary/aromatic N) is 2. The normalized spacial score (nSPS) is 22.0. The van der Waals surface area contributed by atoms with E-state index in [1.165, 1.54) is 44.2 Å². The average Bonchev–Trinajstić information content (AvgIpc) is 3.35. The van der Waals surface area contributed by atoms with E-state index in [0.29, 0.717) is 49.6 Å². The number of aliphatic hydroxyl groups excluding tert-OH is 2. The number of oxime groups is 1. The second-order valence-electron chi connectivity index (χ2n) is 18.6. The van der Waals surface area contributed by atoms with Crippen LogP contribution in [0.25, 0.3) is 0 Å². The van der Waals surface area contributed by atoms with Crippen molar-refractivity contribution in [2.45, 2.75) is 154 Å². The number of carbonyl (C=O) groups is 2. The van der Waals surface area contributed by atoms with E-state index in [1.54, 1.807) is 24.3 Å². The summed E-state index contributed by atoms with van der Waals surface area (Å²) in [5.74, 6) is -1.78. The summed E-state index contributed by atoms with van der Waals surface area (Å²) in [4.78, 5) is 36.2. The fourth-order valence-electron chi connectivity index (χ4n) is 10.7. The van der Waals surface area contributed by atoms with Gasteiger partial charge in [0, 0.05) is 50.6 Å². The third-order valence-electron chi connectivity index (χ3n) is 13.9. The van der Waals surface area contributed by atoms with Crippen molar-refractivity contribution in [1.29, 1.82) is 0 Å². The molecule has 2 amide bonds. The SMILES string of the molecule is C=CCO[C@@]12Oc3ccc(OC(=O)NCc4ccccc4)cc3[C@H]3[C@H](CCCCO)[C@@H](CCCCO)C=C(C(=NOCC)C[C@@H]1N(Cc1ccc(F)cc1)C(=O)CCCCCCCCCCC)[C@H]32. The summed E-state index contributed by atoms with van der Waals surface area (Å²) in [5, 5.41) is 27.7. The van der Waals surface area contributed by atoms with Crippen LogP contribution in [0.1, 0.15) is 146 Å². The van der Waals surface area contributed by atoms with Crippen molar-refractivity contribution in [3.63, 3.8) is 0 Å². The monoisotopic (exact) mass is 938 g/mol.